The molecule has 0 saturated carbocycles. The number of rotatable bonds is 4. The molecular formula is C13H9F6NO3. The summed E-state index contributed by atoms with van der Waals surface area (Å²) in [5.74, 6) is -4.61. The van der Waals surface area contributed by atoms with Gasteiger partial charge in [-0.2, -0.15) is 26.3 Å². The topological polar surface area (TPSA) is 81.4 Å². The number of alkyl halides is 6. The van der Waals surface area contributed by atoms with Gasteiger partial charge in [-0.15, -0.1) is 0 Å². The molecule has 0 radical (unpaired) electrons. The van der Waals surface area contributed by atoms with Crippen molar-refractivity contribution in [1.29, 1.82) is 5.41 Å². The number of hydrogen-bond acceptors (Lipinski definition) is 3. The summed E-state index contributed by atoms with van der Waals surface area (Å²) in [5.41, 5.74) is -3.76. The fourth-order valence-electron chi connectivity index (χ4n) is 1.62. The van der Waals surface area contributed by atoms with Crippen LogP contribution in [0.1, 0.15) is 11.1 Å². The molecule has 0 aliphatic rings. The van der Waals surface area contributed by atoms with Crippen LogP contribution in [0.25, 0.3) is 0 Å². The van der Waals surface area contributed by atoms with Gasteiger partial charge >= 0.3 is 18.3 Å². The Morgan fingerprint density at radius 1 is 1.00 bits per heavy atom. The van der Waals surface area contributed by atoms with Crippen molar-refractivity contribution in [2.24, 2.45) is 0 Å². The monoisotopic (exact) mass is 341 g/mol. The Bertz CT molecular complexity index is 643. The smallest absolute Gasteiger partial charge is 0.449 e. The van der Waals surface area contributed by atoms with Crippen molar-refractivity contribution in [2.75, 3.05) is 0 Å². The summed E-state index contributed by atoms with van der Waals surface area (Å²) in [5, 5.41) is 25.0. The molecule has 0 heterocycles. The normalized spacial score (nSPS) is 13.5. The van der Waals surface area contributed by atoms with Gasteiger partial charge in [-0.1, -0.05) is 12.1 Å². The van der Waals surface area contributed by atoms with E-state index in [1.807, 2.05) is 0 Å². The average Bonchev–Trinajstić information content (AvgIpc) is 2.36. The Labute approximate surface area is 125 Å². The highest BCUT2D eigenvalue weighted by Gasteiger charge is 2.40. The van der Waals surface area contributed by atoms with Gasteiger partial charge < -0.3 is 15.6 Å². The fraction of sp³-hybridized carbons (Fsp3) is 0.231. The second-order valence-corrected chi connectivity index (χ2v) is 4.38. The van der Waals surface area contributed by atoms with Gasteiger partial charge in [0.25, 0.3) is 0 Å². The van der Waals surface area contributed by atoms with Crippen LogP contribution in [0, 0.1) is 5.41 Å². The average molecular weight is 341 g/mol. The number of allylic oxidation sites excluding steroid dienone is 1. The lowest BCUT2D eigenvalue weighted by Crippen LogP contribution is -2.23. The van der Waals surface area contributed by atoms with E-state index in [0.717, 1.165) is 12.1 Å². The first-order valence-corrected chi connectivity index (χ1v) is 5.81. The highest BCUT2D eigenvalue weighted by atomic mass is 19.4. The molecule has 4 nitrogen and oxygen atoms in total. The van der Waals surface area contributed by atoms with Crippen LogP contribution < -0.4 is 0 Å². The number of nitrogens with one attached hydrogen (secondary N) is 1. The number of hydrogen-bond donors (Lipinski definition) is 3. The molecule has 23 heavy (non-hydrogen) atoms. The van der Waals surface area contributed by atoms with Crippen LogP contribution in [-0.2, 0) is 17.4 Å². The summed E-state index contributed by atoms with van der Waals surface area (Å²) in [7, 11) is 0. The minimum Gasteiger partial charge on any atom is -0.504 e. The van der Waals surface area contributed by atoms with Crippen LogP contribution in [0.5, 0.6) is 0 Å². The van der Waals surface area contributed by atoms with E-state index >= 15 is 0 Å². The Kier molecular flexibility index (Phi) is 5.08. The first kappa shape index (κ1) is 18.5. The van der Waals surface area contributed by atoms with Crippen LogP contribution in [0.15, 0.2) is 35.6 Å². The number of halogens is 6. The zero-order valence-corrected chi connectivity index (χ0v) is 11.1. The molecule has 126 valence electrons. The molecule has 0 amide bonds. The van der Waals surface area contributed by atoms with E-state index in [9.17, 15) is 31.1 Å². The summed E-state index contributed by atoms with van der Waals surface area (Å²) in [6, 6.07) is 3.11. The molecule has 0 aromatic heterocycles. The van der Waals surface area contributed by atoms with Crippen molar-refractivity contribution in [3.63, 3.8) is 0 Å². The number of aliphatic hydroxyl groups is 1. The second-order valence-electron chi connectivity index (χ2n) is 4.38. The van der Waals surface area contributed by atoms with Crippen LogP contribution in [0.3, 0.4) is 0 Å². The SMILES string of the molecule is N=C(Cc1ccc(C(F)(F)F)cc1)C(C(=O)O)=C(O)C(F)(F)F. The van der Waals surface area contributed by atoms with Gasteiger partial charge in [0.1, 0.15) is 5.57 Å². The van der Waals surface area contributed by atoms with Crippen molar-refractivity contribution < 1.29 is 41.4 Å². The van der Waals surface area contributed by atoms with E-state index in [2.05, 4.69) is 0 Å². The largest absolute Gasteiger partial charge is 0.504 e. The van der Waals surface area contributed by atoms with Crippen molar-refractivity contribution in [1.82, 2.24) is 0 Å². The third-order valence-corrected chi connectivity index (χ3v) is 2.68. The van der Waals surface area contributed by atoms with Gasteiger partial charge in [-0.3, -0.25) is 0 Å². The molecule has 0 atom stereocenters. The van der Waals surface area contributed by atoms with E-state index in [0.29, 0.717) is 12.1 Å². The molecule has 0 spiro atoms. The Morgan fingerprint density at radius 2 is 1.48 bits per heavy atom. The Morgan fingerprint density at radius 3 is 1.83 bits per heavy atom. The number of aliphatic carboxylic acids is 1. The predicted octanol–water partition coefficient (Wildman–Crippen LogP) is 3.73. The van der Waals surface area contributed by atoms with E-state index in [1.54, 1.807) is 0 Å². The van der Waals surface area contributed by atoms with Gasteiger partial charge in [0.15, 0.2) is 0 Å². The fourth-order valence-corrected chi connectivity index (χ4v) is 1.62. The minimum absolute atomic E-state index is 0.0169. The molecule has 0 saturated heterocycles. The maximum Gasteiger partial charge on any atom is 0.449 e. The molecule has 10 heteroatoms. The molecule has 1 aromatic rings. The van der Waals surface area contributed by atoms with E-state index in [4.69, 9.17) is 15.6 Å². The third-order valence-electron chi connectivity index (χ3n) is 2.68. The molecule has 0 aliphatic carbocycles. The van der Waals surface area contributed by atoms with Crippen LogP contribution >= 0.6 is 0 Å². The van der Waals surface area contributed by atoms with E-state index in [-0.39, 0.29) is 5.56 Å². The molecular weight excluding hydrogens is 332 g/mol. The lowest BCUT2D eigenvalue weighted by Gasteiger charge is -2.12. The highest BCUT2D eigenvalue weighted by Crippen LogP contribution is 2.30. The Hall–Kier alpha value is -2.52. The third kappa shape index (κ3) is 4.73. The van der Waals surface area contributed by atoms with Crippen molar-refractivity contribution >= 4 is 11.7 Å². The summed E-state index contributed by atoms with van der Waals surface area (Å²) >= 11 is 0. The number of carboxylic acids is 1. The number of aliphatic hydroxyl groups excluding tert-OH is 1. The molecule has 1 rings (SSSR count). The van der Waals surface area contributed by atoms with Crippen molar-refractivity contribution in [2.45, 2.75) is 18.8 Å². The molecule has 0 fully saturated rings. The van der Waals surface area contributed by atoms with Gasteiger partial charge in [0.2, 0.25) is 5.76 Å². The summed E-state index contributed by atoms with van der Waals surface area (Å²) in [4.78, 5) is 10.8. The van der Waals surface area contributed by atoms with Crippen LogP contribution in [0.2, 0.25) is 0 Å². The zero-order chi connectivity index (χ0) is 18.0. The van der Waals surface area contributed by atoms with E-state index in [1.165, 1.54) is 0 Å². The van der Waals surface area contributed by atoms with Gasteiger partial charge in [0.05, 0.1) is 11.3 Å². The van der Waals surface area contributed by atoms with Gasteiger partial charge in [-0.25, -0.2) is 4.79 Å². The number of carbonyl (C=O) groups is 1. The number of benzene rings is 1. The maximum absolute atomic E-state index is 12.4. The Balaban J connectivity index is 3.08. The molecule has 0 aliphatic heterocycles. The van der Waals surface area contributed by atoms with Crippen molar-refractivity contribution in [3.05, 3.63) is 46.7 Å². The lowest BCUT2D eigenvalue weighted by atomic mass is 10.00. The summed E-state index contributed by atoms with van der Waals surface area (Å²) in [6.45, 7) is 0. The highest BCUT2D eigenvalue weighted by molar-refractivity contribution is 6.18. The van der Waals surface area contributed by atoms with E-state index < -0.39 is 47.4 Å². The second kappa shape index (κ2) is 6.31. The summed E-state index contributed by atoms with van der Waals surface area (Å²) < 4.78 is 74.2. The van der Waals surface area contributed by atoms with Crippen molar-refractivity contribution in [3.8, 4) is 0 Å². The molecule has 1 aromatic carbocycles. The standard InChI is InChI=1S/C13H9F6NO3/c14-12(15,16)7-3-1-6(2-4-7)5-8(20)9(11(22)23)10(21)13(17,18)19/h1-4,20-21H,5H2,(H,22,23). The maximum atomic E-state index is 12.4. The first-order valence-electron chi connectivity index (χ1n) is 5.81. The molecule has 0 unspecified atom stereocenters. The molecule has 3 N–H and O–H groups in total. The quantitative estimate of drug-likeness (QED) is 0.338. The summed E-state index contributed by atoms with van der Waals surface area (Å²) in [6.07, 6.45) is -10.7. The lowest BCUT2D eigenvalue weighted by molar-refractivity contribution is -0.137. The number of carboxylic acid groups (broad SMARTS) is 1. The zero-order valence-electron chi connectivity index (χ0n) is 11.1. The molecule has 0 bridgehead atoms. The van der Waals surface area contributed by atoms with Gasteiger partial charge in [0, 0.05) is 6.42 Å². The minimum atomic E-state index is -5.36. The van der Waals surface area contributed by atoms with Crippen LogP contribution in [-0.4, -0.2) is 28.1 Å². The predicted molar refractivity (Wildman–Crippen MR) is 66.2 cm³/mol. The van der Waals surface area contributed by atoms with Gasteiger partial charge in [-0.05, 0) is 17.7 Å². The van der Waals surface area contributed by atoms with Crippen LogP contribution in [0.4, 0.5) is 26.3 Å². The first-order chi connectivity index (χ1) is 10.3.